The van der Waals surface area contributed by atoms with Gasteiger partial charge < -0.3 is 5.32 Å². The number of anilines is 1. The second kappa shape index (κ2) is 7.84. The number of benzene rings is 1. The van der Waals surface area contributed by atoms with E-state index in [9.17, 15) is 0 Å². The lowest BCUT2D eigenvalue weighted by Crippen LogP contribution is -2.23. The minimum Gasteiger partial charge on any atom is -0.382 e. The molecule has 0 saturated carbocycles. The van der Waals surface area contributed by atoms with E-state index in [1.807, 2.05) is 12.1 Å². The van der Waals surface area contributed by atoms with E-state index < -0.39 is 0 Å². The van der Waals surface area contributed by atoms with Crippen molar-refractivity contribution in [2.24, 2.45) is 11.8 Å². The number of rotatable bonds is 7. The second-order valence-electron chi connectivity index (χ2n) is 6.13. The van der Waals surface area contributed by atoms with Gasteiger partial charge in [-0.15, -0.1) is 0 Å². The monoisotopic (exact) mass is 258 g/mol. The van der Waals surface area contributed by atoms with Crippen molar-refractivity contribution >= 4 is 5.69 Å². The molecule has 0 aliphatic heterocycles. The minimum absolute atomic E-state index is 0.488. The molecule has 0 radical (unpaired) electrons. The van der Waals surface area contributed by atoms with Gasteiger partial charge in [0.25, 0.3) is 0 Å². The first kappa shape index (κ1) is 15.6. The molecule has 0 bridgehead atoms. The highest BCUT2D eigenvalue weighted by Crippen LogP contribution is 2.19. The third kappa shape index (κ3) is 6.29. The van der Waals surface area contributed by atoms with E-state index in [1.165, 1.54) is 12.8 Å². The van der Waals surface area contributed by atoms with Crippen LogP contribution in [0.25, 0.3) is 0 Å². The lowest BCUT2D eigenvalue weighted by molar-refractivity contribution is 0.442. The number of hydrogen-bond donors (Lipinski definition) is 1. The standard InChI is InChI=1S/C17H26N2/c1-13(2)11-17(12-14(3)4)19-16-7-5-15(6-8-16)9-10-18/h5-8,13-14,17,19H,9,11-12H2,1-4H3. The third-order valence-electron chi connectivity index (χ3n) is 3.12. The van der Waals surface area contributed by atoms with Gasteiger partial charge in [0, 0.05) is 11.7 Å². The fraction of sp³-hybridized carbons (Fsp3) is 0.588. The second-order valence-corrected chi connectivity index (χ2v) is 6.13. The van der Waals surface area contributed by atoms with Crippen LogP contribution in [0.1, 0.15) is 46.1 Å². The van der Waals surface area contributed by atoms with Crippen molar-refractivity contribution in [2.45, 2.75) is 53.0 Å². The van der Waals surface area contributed by atoms with E-state index in [4.69, 9.17) is 5.26 Å². The summed E-state index contributed by atoms with van der Waals surface area (Å²) in [6, 6.07) is 10.9. The molecular weight excluding hydrogens is 232 g/mol. The topological polar surface area (TPSA) is 35.8 Å². The summed E-state index contributed by atoms with van der Waals surface area (Å²) < 4.78 is 0. The van der Waals surface area contributed by atoms with Crippen LogP contribution in [-0.4, -0.2) is 6.04 Å². The zero-order valence-electron chi connectivity index (χ0n) is 12.6. The van der Waals surface area contributed by atoms with E-state index in [2.05, 4.69) is 51.2 Å². The molecule has 0 heterocycles. The number of nitriles is 1. The highest BCUT2D eigenvalue weighted by molar-refractivity contribution is 5.45. The summed E-state index contributed by atoms with van der Waals surface area (Å²) in [5.41, 5.74) is 2.24. The molecule has 0 unspecified atom stereocenters. The molecule has 0 saturated heterocycles. The molecule has 0 fully saturated rings. The highest BCUT2D eigenvalue weighted by Gasteiger charge is 2.12. The molecule has 0 atom stereocenters. The van der Waals surface area contributed by atoms with Crippen LogP contribution >= 0.6 is 0 Å². The van der Waals surface area contributed by atoms with Crippen LogP contribution in [0.2, 0.25) is 0 Å². The Morgan fingerprint density at radius 3 is 1.95 bits per heavy atom. The third-order valence-corrected chi connectivity index (χ3v) is 3.12. The summed E-state index contributed by atoms with van der Waals surface area (Å²) in [7, 11) is 0. The zero-order chi connectivity index (χ0) is 14.3. The van der Waals surface area contributed by atoms with E-state index in [1.54, 1.807) is 0 Å². The molecule has 0 aliphatic carbocycles. The molecule has 1 aromatic rings. The van der Waals surface area contributed by atoms with Gasteiger partial charge in [0.2, 0.25) is 0 Å². The molecular formula is C17H26N2. The minimum atomic E-state index is 0.488. The average molecular weight is 258 g/mol. The largest absolute Gasteiger partial charge is 0.382 e. The fourth-order valence-corrected chi connectivity index (χ4v) is 2.40. The van der Waals surface area contributed by atoms with Crippen LogP contribution in [0.15, 0.2) is 24.3 Å². The molecule has 2 heteroatoms. The zero-order valence-corrected chi connectivity index (χ0v) is 12.6. The average Bonchev–Trinajstić information content (AvgIpc) is 2.30. The van der Waals surface area contributed by atoms with Crippen molar-refractivity contribution in [2.75, 3.05) is 5.32 Å². The van der Waals surface area contributed by atoms with Crippen molar-refractivity contribution in [1.82, 2.24) is 0 Å². The summed E-state index contributed by atoms with van der Waals surface area (Å²) in [5, 5.41) is 12.3. The van der Waals surface area contributed by atoms with Gasteiger partial charge in [-0.25, -0.2) is 0 Å². The number of nitrogens with one attached hydrogen (secondary N) is 1. The van der Waals surface area contributed by atoms with Gasteiger partial charge in [0.05, 0.1) is 12.5 Å². The molecule has 0 amide bonds. The van der Waals surface area contributed by atoms with Crippen LogP contribution in [0.5, 0.6) is 0 Å². The quantitative estimate of drug-likeness (QED) is 0.774. The Hall–Kier alpha value is -1.49. The fourth-order valence-electron chi connectivity index (χ4n) is 2.40. The lowest BCUT2D eigenvalue weighted by atomic mass is 9.95. The van der Waals surface area contributed by atoms with Crippen LogP contribution in [0, 0.1) is 23.2 Å². The van der Waals surface area contributed by atoms with Crippen LogP contribution in [0.4, 0.5) is 5.69 Å². The Labute approximate surface area is 117 Å². The maximum atomic E-state index is 8.67. The van der Waals surface area contributed by atoms with Crippen molar-refractivity contribution in [3.05, 3.63) is 29.8 Å². The van der Waals surface area contributed by atoms with Gasteiger partial charge in [-0.2, -0.15) is 5.26 Å². The Kier molecular flexibility index (Phi) is 6.42. The molecule has 1 rings (SSSR count). The van der Waals surface area contributed by atoms with Gasteiger partial charge in [0.15, 0.2) is 0 Å². The molecule has 104 valence electrons. The smallest absolute Gasteiger partial charge is 0.0669 e. The maximum Gasteiger partial charge on any atom is 0.0669 e. The van der Waals surface area contributed by atoms with Gasteiger partial charge in [0.1, 0.15) is 0 Å². The van der Waals surface area contributed by atoms with Gasteiger partial charge in [-0.05, 0) is 42.4 Å². The summed E-state index contributed by atoms with van der Waals surface area (Å²) in [6.45, 7) is 9.08. The molecule has 19 heavy (non-hydrogen) atoms. The first-order chi connectivity index (χ1) is 9.01. The lowest BCUT2D eigenvalue weighted by Gasteiger charge is -2.23. The molecule has 1 N–H and O–H groups in total. The number of hydrogen-bond acceptors (Lipinski definition) is 2. The van der Waals surface area contributed by atoms with E-state index in [-0.39, 0.29) is 0 Å². The van der Waals surface area contributed by atoms with Gasteiger partial charge in [-0.3, -0.25) is 0 Å². The molecule has 1 aromatic carbocycles. The Morgan fingerprint density at radius 2 is 1.53 bits per heavy atom. The van der Waals surface area contributed by atoms with Gasteiger partial charge in [-0.1, -0.05) is 39.8 Å². The molecule has 0 aromatic heterocycles. The van der Waals surface area contributed by atoms with Crippen molar-refractivity contribution in [1.29, 1.82) is 5.26 Å². The van der Waals surface area contributed by atoms with Crippen molar-refractivity contribution in [3.63, 3.8) is 0 Å². The SMILES string of the molecule is CC(C)CC(CC(C)C)Nc1ccc(CC#N)cc1. The predicted octanol–water partition coefficient (Wildman–Crippen LogP) is 4.63. The highest BCUT2D eigenvalue weighted by atomic mass is 14.9. The van der Waals surface area contributed by atoms with Crippen LogP contribution in [0.3, 0.4) is 0 Å². The first-order valence-electron chi connectivity index (χ1n) is 7.23. The van der Waals surface area contributed by atoms with Crippen molar-refractivity contribution < 1.29 is 0 Å². The van der Waals surface area contributed by atoms with Crippen molar-refractivity contribution in [3.8, 4) is 6.07 Å². The van der Waals surface area contributed by atoms with E-state index >= 15 is 0 Å². The Bertz CT molecular complexity index is 388. The molecule has 0 aliphatic rings. The summed E-state index contributed by atoms with van der Waals surface area (Å²) in [4.78, 5) is 0. The van der Waals surface area contributed by atoms with Crippen LogP contribution in [-0.2, 0) is 6.42 Å². The first-order valence-corrected chi connectivity index (χ1v) is 7.23. The van der Waals surface area contributed by atoms with Crippen LogP contribution < -0.4 is 5.32 Å². The molecule has 0 spiro atoms. The van der Waals surface area contributed by atoms with E-state index in [0.717, 1.165) is 11.3 Å². The normalized spacial score (nSPS) is 11.1. The van der Waals surface area contributed by atoms with Gasteiger partial charge >= 0.3 is 0 Å². The summed E-state index contributed by atoms with van der Waals surface area (Å²) in [5.74, 6) is 1.41. The summed E-state index contributed by atoms with van der Waals surface area (Å²) >= 11 is 0. The Morgan fingerprint density at radius 1 is 1.00 bits per heavy atom. The summed E-state index contributed by atoms with van der Waals surface area (Å²) in [6.07, 6.45) is 2.87. The molecule has 2 nitrogen and oxygen atoms in total. The Balaban J connectivity index is 2.64. The van der Waals surface area contributed by atoms with E-state index in [0.29, 0.717) is 24.3 Å². The maximum absolute atomic E-state index is 8.67. The predicted molar refractivity (Wildman–Crippen MR) is 82.1 cm³/mol. The number of nitrogens with zero attached hydrogens (tertiary/aromatic N) is 1.